The average Bonchev–Trinajstić information content (AvgIpc) is 3.13. The molecule has 0 aromatic heterocycles. The molecular formula is C42H80O8. The molecule has 0 saturated carbocycles. The zero-order valence-corrected chi connectivity index (χ0v) is 32.5. The van der Waals surface area contributed by atoms with Crippen molar-refractivity contribution in [3.05, 3.63) is 24.3 Å². The largest absolute Gasteiger partial charge is 0.462 e. The Balaban J connectivity index is 0. The molecule has 0 saturated heterocycles. The van der Waals surface area contributed by atoms with Crippen LogP contribution in [0.25, 0.3) is 0 Å². The zero-order valence-electron chi connectivity index (χ0n) is 32.5. The van der Waals surface area contributed by atoms with Gasteiger partial charge < -0.3 is 29.9 Å². The molecule has 50 heavy (non-hydrogen) atoms. The van der Waals surface area contributed by atoms with Crippen molar-refractivity contribution in [3.63, 3.8) is 0 Å². The van der Waals surface area contributed by atoms with Crippen LogP contribution in [-0.4, -0.2) is 71.0 Å². The molecule has 296 valence electrons. The van der Waals surface area contributed by atoms with Gasteiger partial charge in [-0.1, -0.05) is 141 Å². The number of esters is 2. The van der Waals surface area contributed by atoms with Crippen LogP contribution in [0.1, 0.15) is 194 Å². The second-order valence-corrected chi connectivity index (χ2v) is 13.7. The molecule has 0 bridgehead atoms. The summed E-state index contributed by atoms with van der Waals surface area (Å²) in [7, 11) is 0. The van der Waals surface area contributed by atoms with Gasteiger partial charge in [-0.05, 0) is 64.2 Å². The van der Waals surface area contributed by atoms with Gasteiger partial charge in [0.05, 0.1) is 19.8 Å². The van der Waals surface area contributed by atoms with Crippen molar-refractivity contribution in [1.82, 2.24) is 0 Å². The van der Waals surface area contributed by atoms with Crippen molar-refractivity contribution in [2.45, 2.75) is 206 Å². The third kappa shape index (κ3) is 42.4. The summed E-state index contributed by atoms with van der Waals surface area (Å²) in [5.41, 5.74) is 0. The van der Waals surface area contributed by atoms with Crippen LogP contribution in [0.3, 0.4) is 0 Å². The smallest absolute Gasteiger partial charge is 0.306 e. The highest BCUT2D eigenvalue weighted by atomic mass is 16.6. The molecule has 8 nitrogen and oxygen atoms in total. The number of hydrogen-bond donors (Lipinski definition) is 4. The molecular weight excluding hydrogens is 632 g/mol. The van der Waals surface area contributed by atoms with Gasteiger partial charge in [0.25, 0.3) is 0 Å². The van der Waals surface area contributed by atoms with Gasteiger partial charge in [0.1, 0.15) is 12.7 Å². The average molecular weight is 713 g/mol. The Labute approximate surface area is 307 Å². The van der Waals surface area contributed by atoms with Gasteiger partial charge in [-0.15, -0.1) is 0 Å². The van der Waals surface area contributed by atoms with Crippen molar-refractivity contribution in [2.24, 2.45) is 0 Å². The van der Waals surface area contributed by atoms with E-state index in [0.29, 0.717) is 12.8 Å². The maximum atomic E-state index is 12.1. The van der Waals surface area contributed by atoms with Crippen LogP contribution in [0.2, 0.25) is 0 Å². The molecule has 0 aliphatic heterocycles. The van der Waals surface area contributed by atoms with Gasteiger partial charge in [0, 0.05) is 12.8 Å². The number of ether oxygens (including phenoxy) is 2. The highest BCUT2D eigenvalue weighted by Crippen LogP contribution is 2.12. The predicted molar refractivity (Wildman–Crippen MR) is 207 cm³/mol. The summed E-state index contributed by atoms with van der Waals surface area (Å²) in [4.78, 5) is 24.2. The molecule has 0 aliphatic rings. The van der Waals surface area contributed by atoms with E-state index in [0.717, 1.165) is 51.4 Å². The van der Waals surface area contributed by atoms with Crippen LogP contribution in [0, 0.1) is 0 Å². The maximum Gasteiger partial charge on any atom is 0.306 e. The van der Waals surface area contributed by atoms with E-state index < -0.39 is 12.2 Å². The molecule has 1 atom stereocenters. The first-order chi connectivity index (χ1) is 24.4. The SMILES string of the molecule is CCCCCCCC/C=C\CCCCCCCC(=O)OCC(CO)OC(=O)CCCCCCC/C=C\CCCCCCCC.OCC(O)CO. The lowest BCUT2D eigenvalue weighted by Crippen LogP contribution is -2.28. The van der Waals surface area contributed by atoms with Gasteiger partial charge in [-0.25, -0.2) is 0 Å². The normalized spacial score (nSPS) is 12.1. The Morgan fingerprint density at radius 2 is 0.820 bits per heavy atom. The monoisotopic (exact) mass is 713 g/mol. The first kappa shape index (κ1) is 50.4. The highest BCUT2D eigenvalue weighted by Gasteiger charge is 2.16. The Bertz CT molecular complexity index is 750. The third-order valence-electron chi connectivity index (χ3n) is 8.64. The summed E-state index contributed by atoms with van der Waals surface area (Å²) < 4.78 is 10.6. The van der Waals surface area contributed by atoms with Gasteiger partial charge in [-0.2, -0.15) is 0 Å². The lowest BCUT2D eigenvalue weighted by Gasteiger charge is -2.15. The quantitative estimate of drug-likeness (QED) is 0.0287. The standard InChI is InChI=1S/C39H72O5.C3H8O3/c1-3-5-7-9-11-13-15-17-19-21-23-25-27-29-31-33-38(41)43-36-37(35-40)44-39(42)34-32-30-28-26-24-22-20-18-16-14-12-10-8-6-4-2;4-1-3(6)2-5/h17-20,37,40H,3-16,21-36H2,1-2H3;3-6H,1-2H2/b19-17-,20-18-;. The van der Waals surface area contributed by atoms with Crippen LogP contribution in [0.15, 0.2) is 24.3 Å². The van der Waals surface area contributed by atoms with Crippen molar-refractivity contribution in [3.8, 4) is 0 Å². The number of hydrogen-bond acceptors (Lipinski definition) is 8. The van der Waals surface area contributed by atoms with E-state index in [1.807, 2.05) is 0 Å². The number of rotatable bonds is 36. The molecule has 0 aromatic rings. The van der Waals surface area contributed by atoms with E-state index in [2.05, 4.69) is 38.2 Å². The van der Waals surface area contributed by atoms with E-state index in [4.69, 9.17) is 24.8 Å². The van der Waals surface area contributed by atoms with Crippen molar-refractivity contribution < 1.29 is 39.5 Å². The minimum atomic E-state index is -0.954. The van der Waals surface area contributed by atoms with Crippen molar-refractivity contribution in [2.75, 3.05) is 26.4 Å². The fourth-order valence-corrected chi connectivity index (χ4v) is 5.36. The Kier molecular flexibility index (Phi) is 43.7. The van der Waals surface area contributed by atoms with Crippen LogP contribution in [-0.2, 0) is 19.1 Å². The fourth-order valence-electron chi connectivity index (χ4n) is 5.36. The third-order valence-corrected chi connectivity index (χ3v) is 8.64. The molecule has 8 heteroatoms. The summed E-state index contributed by atoms with van der Waals surface area (Å²) in [5.74, 6) is -0.607. The number of carbonyl (C=O) groups excluding carboxylic acids is 2. The van der Waals surface area contributed by atoms with E-state index in [-0.39, 0.29) is 38.4 Å². The predicted octanol–water partition coefficient (Wildman–Crippen LogP) is 9.84. The molecule has 0 aromatic carbocycles. The first-order valence-corrected chi connectivity index (χ1v) is 20.6. The topological polar surface area (TPSA) is 134 Å². The summed E-state index contributed by atoms with van der Waals surface area (Å²) in [5, 5.41) is 33.5. The maximum absolute atomic E-state index is 12.1. The minimum Gasteiger partial charge on any atom is -0.462 e. The summed E-state index contributed by atoms with van der Waals surface area (Å²) >= 11 is 0. The van der Waals surface area contributed by atoms with Crippen molar-refractivity contribution >= 4 is 11.9 Å². The van der Waals surface area contributed by atoms with Crippen LogP contribution < -0.4 is 0 Å². The molecule has 0 rings (SSSR count). The van der Waals surface area contributed by atoms with Gasteiger partial charge in [-0.3, -0.25) is 9.59 Å². The molecule has 0 aliphatic carbocycles. The molecule has 0 fully saturated rings. The molecule has 1 unspecified atom stereocenters. The Morgan fingerprint density at radius 1 is 0.480 bits per heavy atom. The number of aliphatic hydroxyl groups is 4. The second-order valence-electron chi connectivity index (χ2n) is 13.7. The van der Waals surface area contributed by atoms with Gasteiger partial charge in [0.15, 0.2) is 6.10 Å². The van der Waals surface area contributed by atoms with Crippen LogP contribution in [0.4, 0.5) is 0 Å². The number of aliphatic hydroxyl groups excluding tert-OH is 4. The molecule has 0 amide bonds. The van der Waals surface area contributed by atoms with E-state index in [1.54, 1.807) is 0 Å². The molecule has 0 heterocycles. The fraction of sp³-hybridized carbons (Fsp3) is 0.857. The van der Waals surface area contributed by atoms with Crippen LogP contribution in [0.5, 0.6) is 0 Å². The van der Waals surface area contributed by atoms with E-state index in [1.165, 1.54) is 116 Å². The highest BCUT2D eigenvalue weighted by molar-refractivity contribution is 5.70. The number of unbranched alkanes of at least 4 members (excludes halogenated alkanes) is 22. The molecule has 0 radical (unpaired) electrons. The first-order valence-electron chi connectivity index (χ1n) is 20.6. The summed E-state index contributed by atoms with van der Waals surface area (Å²) in [6, 6.07) is 0. The Morgan fingerprint density at radius 3 is 1.16 bits per heavy atom. The van der Waals surface area contributed by atoms with Gasteiger partial charge in [0.2, 0.25) is 0 Å². The second kappa shape index (κ2) is 43.4. The minimum absolute atomic E-state index is 0.0709. The Hall–Kier alpha value is -1.74. The van der Waals surface area contributed by atoms with Crippen molar-refractivity contribution in [1.29, 1.82) is 0 Å². The number of allylic oxidation sites excluding steroid dienone is 4. The molecule has 4 N–H and O–H groups in total. The summed E-state index contributed by atoms with van der Waals surface area (Å²) in [6.45, 7) is 3.38. The van der Waals surface area contributed by atoms with E-state index in [9.17, 15) is 14.7 Å². The lowest BCUT2D eigenvalue weighted by molar-refractivity contribution is -0.161. The molecule has 0 spiro atoms. The van der Waals surface area contributed by atoms with Crippen LogP contribution >= 0.6 is 0 Å². The number of carbonyl (C=O) groups is 2. The van der Waals surface area contributed by atoms with E-state index >= 15 is 0 Å². The summed E-state index contributed by atoms with van der Waals surface area (Å²) in [6.07, 6.45) is 39.9. The zero-order chi connectivity index (χ0) is 37.2. The lowest BCUT2D eigenvalue weighted by atomic mass is 10.1. The van der Waals surface area contributed by atoms with Gasteiger partial charge >= 0.3 is 11.9 Å².